The van der Waals surface area contributed by atoms with Crippen molar-refractivity contribution in [2.24, 2.45) is 11.7 Å². The highest BCUT2D eigenvalue weighted by molar-refractivity contribution is 5.21. The molecule has 1 fully saturated rings. The fraction of sp³-hybridized carbons (Fsp3) is 0.625. The first-order chi connectivity index (χ1) is 9.61. The van der Waals surface area contributed by atoms with Gasteiger partial charge in [0.25, 0.3) is 0 Å². The van der Waals surface area contributed by atoms with E-state index < -0.39 is 0 Å². The van der Waals surface area contributed by atoms with Crippen molar-refractivity contribution in [3.05, 3.63) is 35.6 Å². The van der Waals surface area contributed by atoms with Gasteiger partial charge in [0.1, 0.15) is 5.82 Å². The molecule has 20 heavy (non-hydrogen) atoms. The van der Waals surface area contributed by atoms with Gasteiger partial charge in [0.05, 0.1) is 0 Å². The van der Waals surface area contributed by atoms with E-state index in [0.717, 1.165) is 39.3 Å². The van der Waals surface area contributed by atoms with Gasteiger partial charge in [0.2, 0.25) is 0 Å². The van der Waals surface area contributed by atoms with E-state index in [1.165, 1.54) is 6.07 Å². The smallest absolute Gasteiger partial charge is 0.127 e. The second-order valence-corrected chi connectivity index (χ2v) is 5.76. The third-order valence-electron chi connectivity index (χ3n) is 4.34. The zero-order valence-corrected chi connectivity index (χ0v) is 12.6. The van der Waals surface area contributed by atoms with Gasteiger partial charge in [-0.1, -0.05) is 32.0 Å². The van der Waals surface area contributed by atoms with Gasteiger partial charge in [-0.25, -0.2) is 4.39 Å². The summed E-state index contributed by atoms with van der Waals surface area (Å²) in [7, 11) is 0. The molecule has 0 aliphatic carbocycles. The van der Waals surface area contributed by atoms with Crippen molar-refractivity contribution in [1.82, 2.24) is 9.80 Å². The number of nitrogens with two attached hydrogens (primary N) is 1. The molecule has 1 aliphatic heterocycles. The monoisotopic (exact) mass is 279 g/mol. The molecule has 0 aromatic heterocycles. The summed E-state index contributed by atoms with van der Waals surface area (Å²) < 4.78 is 13.8. The third-order valence-corrected chi connectivity index (χ3v) is 4.34. The Labute approximate surface area is 121 Å². The largest absolute Gasteiger partial charge is 0.324 e. The number of piperazine rings is 1. The van der Waals surface area contributed by atoms with Gasteiger partial charge in [0.15, 0.2) is 0 Å². The average Bonchev–Trinajstić information content (AvgIpc) is 2.48. The van der Waals surface area contributed by atoms with E-state index in [0.29, 0.717) is 5.56 Å². The molecule has 1 aromatic rings. The van der Waals surface area contributed by atoms with Crippen molar-refractivity contribution in [2.75, 3.05) is 39.3 Å². The van der Waals surface area contributed by atoms with Crippen LogP contribution in [-0.4, -0.2) is 49.1 Å². The Morgan fingerprint density at radius 1 is 1.15 bits per heavy atom. The lowest BCUT2D eigenvalue weighted by molar-refractivity contribution is 0.119. The Hall–Kier alpha value is -0.970. The van der Waals surface area contributed by atoms with Crippen molar-refractivity contribution in [2.45, 2.75) is 19.9 Å². The summed E-state index contributed by atoms with van der Waals surface area (Å²) in [4.78, 5) is 4.90. The van der Waals surface area contributed by atoms with Gasteiger partial charge < -0.3 is 15.5 Å². The van der Waals surface area contributed by atoms with Crippen molar-refractivity contribution in [1.29, 1.82) is 0 Å². The van der Waals surface area contributed by atoms with Gasteiger partial charge >= 0.3 is 0 Å². The Morgan fingerprint density at radius 2 is 1.75 bits per heavy atom. The molecule has 2 atom stereocenters. The molecule has 2 unspecified atom stereocenters. The molecule has 3 nitrogen and oxygen atoms in total. The van der Waals surface area contributed by atoms with Crippen molar-refractivity contribution in [3.8, 4) is 0 Å². The van der Waals surface area contributed by atoms with Gasteiger partial charge in [-0.2, -0.15) is 0 Å². The molecular weight excluding hydrogens is 253 g/mol. The number of benzene rings is 1. The van der Waals surface area contributed by atoms with Crippen LogP contribution in [0.2, 0.25) is 0 Å². The normalized spacial score (nSPS) is 20.8. The third kappa shape index (κ3) is 3.78. The average molecular weight is 279 g/mol. The lowest BCUT2D eigenvalue weighted by Gasteiger charge is -2.36. The van der Waals surface area contributed by atoms with Gasteiger partial charge in [-0.15, -0.1) is 0 Å². The maximum Gasteiger partial charge on any atom is 0.127 e. The summed E-state index contributed by atoms with van der Waals surface area (Å²) in [5, 5.41) is 0. The van der Waals surface area contributed by atoms with Gasteiger partial charge in [-0.3, -0.25) is 0 Å². The minimum absolute atomic E-state index is 0.192. The fourth-order valence-electron chi connectivity index (χ4n) is 2.86. The molecule has 0 spiro atoms. The standard InChI is InChI=1S/C16H26FN3/c1-3-19-8-10-20(11-9-19)12-13(2)16(18)14-6-4-5-7-15(14)17/h4-7,13,16H,3,8-12,18H2,1-2H3. The summed E-state index contributed by atoms with van der Waals surface area (Å²) in [6.07, 6.45) is 0. The summed E-state index contributed by atoms with van der Waals surface area (Å²) in [5.74, 6) is 0.0581. The Bertz CT molecular complexity index is 416. The fourth-order valence-corrected chi connectivity index (χ4v) is 2.86. The highest BCUT2D eigenvalue weighted by atomic mass is 19.1. The lowest BCUT2D eigenvalue weighted by Crippen LogP contribution is -2.48. The van der Waals surface area contributed by atoms with E-state index in [1.54, 1.807) is 12.1 Å². The van der Waals surface area contributed by atoms with E-state index in [2.05, 4.69) is 23.6 Å². The van der Waals surface area contributed by atoms with Crippen LogP contribution in [0.25, 0.3) is 0 Å². The molecule has 0 saturated carbocycles. The maximum atomic E-state index is 13.8. The predicted molar refractivity (Wildman–Crippen MR) is 81.0 cm³/mol. The van der Waals surface area contributed by atoms with Crippen LogP contribution in [0.4, 0.5) is 4.39 Å². The second kappa shape index (κ2) is 7.16. The molecule has 1 aliphatic rings. The van der Waals surface area contributed by atoms with Crippen LogP contribution in [0, 0.1) is 11.7 Å². The zero-order chi connectivity index (χ0) is 14.5. The van der Waals surface area contributed by atoms with E-state index in [4.69, 9.17) is 5.73 Å². The maximum absolute atomic E-state index is 13.8. The first kappa shape index (κ1) is 15.4. The van der Waals surface area contributed by atoms with Crippen molar-refractivity contribution >= 4 is 0 Å². The molecule has 0 bridgehead atoms. The van der Waals surface area contributed by atoms with Crippen LogP contribution in [0.5, 0.6) is 0 Å². The summed E-state index contributed by atoms with van der Waals surface area (Å²) >= 11 is 0. The molecule has 1 saturated heterocycles. The molecular formula is C16H26FN3. The van der Waals surface area contributed by atoms with E-state index >= 15 is 0 Å². The van der Waals surface area contributed by atoms with E-state index in [9.17, 15) is 4.39 Å². The number of hydrogen-bond donors (Lipinski definition) is 1. The number of halogens is 1. The molecule has 1 heterocycles. The zero-order valence-electron chi connectivity index (χ0n) is 12.6. The number of nitrogens with zero attached hydrogens (tertiary/aromatic N) is 2. The van der Waals surface area contributed by atoms with E-state index in [-0.39, 0.29) is 17.8 Å². The second-order valence-electron chi connectivity index (χ2n) is 5.76. The first-order valence-corrected chi connectivity index (χ1v) is 7.56. The van der Waals surface area contributed by atoms with Crippen LogP contribution in [0.3, 0.4) is 0 Å². The Morgan fingerprint density at radius 3 is 2.35 bits per heavy atom. The molecule has 2 N–H and O–H groups in total. The van der Waals surface area contributed by atoms with Crippen LogP contribution in [0.15, 0.2) is 24.3 Å². The number of rotatable bonds is 5. The van der Waals surface area contributed by atoms with Gasteiger partial charge in [-0.05, 0) is 18.5 Å². The summed E-state index contributed by atoms with van der Waals surface area (Å²) in [6.45, 7) is 10.8. The minimum Gasteiger partial charge on any atom is -0.324 e. The predicted octanol–water partition coefficient (Wildman–Crippen LogP) is 2.10. The van der Waals surface area contributed by atoms with Crippen LogP contribution >= 0.6 is 0 Å². The first-order valence-electron chi connectivity index (χ1n) is 7.56. The molecule has 1 aromatic carbocycles. The van der Waals surface area contributed by atoms with Crippen molar-refractivity contribution in [3.63, 3.8) is 0 Å². The molecule has 2 rings (SSSR count). The quantitative estimate of drug-likeness (QED) is 0.896. The van der Waals surface area contributed by atoms with Gasteiger partial charge in [0, 0.05) is 44.3 Å². The Kier molecular flexibility index (Phi) is 5.52. The van der Waals surface area contributed by atoms with Crippen LogP contribution < -0.4 is 5.73 Å². The summed E-state index contributed by atoms with van der Waals surface area (Å²) in [6, 6.07) is 6.61. The number of likely N-dealkylation sites (N-methyl/N-ethyl adjacent to an activating group) is 1. The molecule has 0 amide bonds. The topological polar surface area (TPSA) is 32.5 Å². The van der Waals surface area contributed by atoms with Crippen LogP contribution in [0.1, 0.15) is 25.5 Å². The van der Waals surface area contributed by atoms with Crippen molar-refractivity contribution < 1.29 is 4.39 Å². The molecule has 112 valence electrons. The van der Waals surface area contributed by atoms with Crippen LogP contribution in [-0.2, 0) is 0 Å². The Balaban J connectivity index is 1.89. The molecule has 4 heteroatoms. The SMILES string of the molecule is CCN1CCN(CC(C)C(N)c2ccccc2F)CC1. The highest BCUT2D eigenvalue weighted by Gasteiger charge is 2.22. The molecule has 0 radical (unpaired) electrons. The number of hydrogen-bond acceptors (Lipinski definition) is 3. The summed E-state index contributed by atoms with van der Waals surface area (Å²) in [5.41, 5.74) is 6.86. The minimum atomic E-state index is -0.236. The van der Waals surface area contributed by atoms with E-state index in [1.807, 2.05) is 6.07 Å². The lowest BCUT2D eigenvalue weighted by atomic mass is 9.94. The highest BCUT2D eigenvalue weighted by Crippen LogP contribution is 2.23.